The van der Waals surface area contributed by atoms with Crippen LogP contribution < -0.4 is 0 Å². The van der Waals surface area contributed by atoms with Gasteiger partial charge in [0.25, 0.3) is 0 Å². The normalized spacial score (nSPS) is 45.9. The minimum Gasteiger partial charge on any atom is -0.392 e. The lowest BCUT2D eigenvalue weighted by atomic mass is 9.46. The van der Waals surface area contributed by atoms with Gasteiger partial charge in [0.05, 0.1) is 6.10 Å². The van der Waals surface area contributed by atoms with E-state index in [9.17, 15) is 9.90 Å². The first-order valence-corrected chi connectivity index (χ1v) is 11.8. The number of aliphatic hydroxyl groups is 1. The molecular weight excluding hydrogens is 344 g/mol. The molecule has 0 bridgehead atoms. The Balaban J connectivity index is 1.58. The zero-order valence-electron chi connectivity index (χ0n) is 18.4. The van der Waals surface area contributed by atoms with Crippen molar-refractivity contribution in [3.63, 3.8) is 0 Å². The van der Waals surface area contributed by atoms with Gasteiger partial charge in [0.1, 0.15) is 0 Å². The molecule has 0 aromatic carbocycles. The molecule has 0 aromatic rings. The van der Waals surface area contributed by atoms with E-state index >= 15 is 0 Å². The van der Waals surface area contributed by atoms with Crippen LogP contribution in [0.2, 0.25) is 0 Å². The zero-order chi connectivity index (χ0) is 20.3. The fourth-order valence-electron chi connectivity index (χ4n) is 8.32. The van der Waals surface area contributed by atoms with Crippen molar-refractivity contribution >= 4 is 5.78 Å². The van der Waals surface area contributed by atoms with Gasteiger partial charge < -0.3 is 5.11 Å². The van der Waals surface area contributed by atoms with Crippen LogP contribution in [-0.2, 0) is 4.79 Å². The number of carbonyl (C=O) groups is 1. The third-order valence-corrected chi connectivity index (χ3v) is 10.1. The molecule has 0 amide bonds. The van der Waals surface area contributed by atoms with Crippen LogP contribution in [0.4, 0.5) is 0 Å². The molecule has 4 rings (SSSR count). The number of aliphatic hydroxyl groups excluding tert-OH is 1. The summed E-state index contributed by atoms with van der Waals surface area (Å²) in [7, 11) is 0. The van der Waals surface area contributed by atoms with Gasteiger partial charge in [-0.25, -0.2) is 0 Å². The molecular formula is C26H40O2. The second-order valence-electron chi connectivity index (χ2n) is 11.1. The zero-order valence-corrected chi connectivity index (χ0v) is 18.4. The Morgan fingerprint density at radius 2 is 1.86 bits per heavy atom. The number of hydrogen-bond donors (Lipinski definition) is 1. The number of fused-ring (bicyclic) bond motifs is 5. The van der Waals surface area contributed by atoms with Crippen molar-refractivity contribution in [1.82, 2.24) is 0 Å². The third kappa shape index (κ3) is 2.89. The minimum absolute atomic E-state index is 0.162. The van der Waals surface area contributed by atoms with Gasteiger partial charge in [-0.3, -0.25) is 4.79 Å². The predicted molar refractivity (Wildman–Crippen MR) is 115 cm³/mol. The average molecular weight is 385 g/mol. The van der Waals surface area contributed by atoms with Gasteiger partial charge >= 0.3 is 0 Å². The molecule has 9 atom stereocenters. The van der Waals surface area contributed by atoms with Crippen LogP contribution in [0, 0.1) is 46.3 Å². The maximum absolute atomic E-state index is 12.0. The summed E-state index contributed by atoms with van der Waals surface area (Å²) >= 11 is 0. The Hall–Kier alpha value is -0.890. The molecule has 1 N–H and O–H groups in total. The van der Waals surface area contributed by atoms with Crippen molar-refractivity contribution in [2.24, 2.45) is 46.3 Å². The monoisotopic (exact) mass is 384 g/mol. The molecule has 4 aliphatic carbocycles. The van der Waals surface area contributed by atoms with E-state index in [1.165, 1.54) is 37.7 Å². The van der Waals surface area contributed by atoms with E-state index in [1.54, 1.807) is 0 Å². The summed E-state index contributed by atoms with van der Waals surface area (Å²) < 4.78 is 0. The van der Waals surface area contributed by atoms with Crippen LogP contribution in [0.25, 0.3) is 0 Å². The Labute approximate surface area is 171 Å². The molecule has 2 heteroatoms. The quantitative estimate of drug-likeness (QED) is 0.608. The molecule has 0 spiro atoms. The van der Waals surface area contributed by atoms with Gasteiger partial charge in [0.15, 0.2) is 5.78 Å². The first-order valence-electron chi connectivity index (χ1n) is 11.8. The van der Waals surface area contributed by atoms with E-state index in [-0.39, 0.29) is 17.4 Å². The number of rotatable bonds is 4. The summed E-state index contributed by atoms with van der Waals surface area (Å²) in [6.07, 6.45) is 13.1. The molecule has 3 fully saturated rings. The number of allylic oxidation sites excluding steroid dienone is 1. The van der Waals surface area contributed by atoms with Crippen LogP contribution in [0.5, 0.6) is 0 Å². The number of carbonyl (C=O) groups excluding carboxylic acids is 1. The molecule has 0 heterocycles. The van der Waals surface area contributed by atoms with Crippen molar-refractivity contribution < 1.29 is 9.90 Å². The molecule has 0 aromatic heterocycles. The molecule has 4 aliphatic rings. The Morgan fingerprint density at radius 1 is 1.11 bits per heavy atom. The fourth-order valence-corrected chi connectivity index (χ4v) is 8.32. The van der Waals surface area contributed by atoms with Crippen molar-refractivity contribution in [1.29, 1.82) is 0 Å². The number of ketones is 1. The Morgan fingerprint density at radius 3 is 2.57 bits per heavy atom. The first kappa shape index (κ1) is 20.4. The molecule has 0 radical (unpaired) electrons. The van der Waals surface area contributed by atoms with E-state index in [0.29, 0.717) is 23.0 Å². The summed E-state index contributed by atoms with van der Waals surface area (Å²) in [6, 6.07) is 0. The SMILES string of the molecule is C=CC(C)[C@H](O)[C@@H](C)[C@H]1CC[C@H]2[C@@H]3CCC4=CC(=O)CC[C@]4(C)[C@H]3CC[C@]12C. The van der Waals surface area contributed by atoms with Gasteiger partial charge in [0.2, 0.25) is 0 Å². The summed E-state index contributed by atoms with van der Waals surface area (Å²) in [5, 5.41) is 10.9. The Kier molecular flexibility index (Phi) is 5.18. The third-order valence-electron chi connectivity index (χ3n) is 10.1. The topological polar surface area (TPSA) is 37.3 Å². The van der Waals surface area contributed by atoms with E-state index in [2.05, 4.69) is 34.3 Å². The molecule has 3 saturated carbocycles. The highest BCUT2D eigenvalue weighted by molar-refractivity contribution is 5.91. The van der Waals surface area contributed by atoms with Crippen LogP contribution in [0.1, 0.15) is 79.1 Å². The van der Waals surface area contributed by atoms with E-state index < -0.39 is 0 Å². The maximum atomic E-state index is 12.0. The summed E-state index contributed by atoms with van der Waals surface area (Å²) in [5.74, 6) is 3.82. The van der Waals surface area contributed by atoms with E-state index in [0.717, 1.165) is 37.0 Å². The summed E-state index contributed by atoms with van der Waals surface area (Å²) in [5.41, 5.74) is 2.09. The smallest absolute Gasteiger partial charge is 0.155 e. The molecule has 0 saturated heterocycles. The van der Waals surface area contributed by atoms with E-state index in [1.807, 2.05) is 12.2 Å². The van der Waals surface area contributed by atoms with Crippen LogP contribution in [0.15, 0.2) is 24.3 Å². The standard InChI is InChI=1S/C26H40O2/c1-6-16(2)24(28)17(3)21-9-10-22-20-8-7-18-15-19(27)11-13-25(18,4)23(20)12-14-26(21,22)5/h6,15-17,20-24,28H,1,7-14H2,2-5H3/t16?,17-,20-,21+,22-,23-,24-,25-,26+/m0/s1. The molecule has 28 heavy (non-hydrogen) atoms. The van der Waals surface area contributed by atoms with Gasteiger partial charge in [-0.05, 0) is 97.4 Å². The molecule has 1 unspecified atom stereocenters. The lowest BCUT2D eigenvalue weighted by Crippen LogP contribution is -2.51. The molecule has 0 aliphatic heterocycles. The maximum Gasteiger partial charge on any atom is 0.155 e. The highest BCUT2D eigenvalue weighted by Crippen LogP contribution is 2.67. The average Bonchev–Trinajstić information content (AvgIpc) is 3.04. The van der Waals surface area contributed by atoms with Crippen molar-refractivity contribution in [3.05, 3.63) is 24.3 Å². The van der Waals surface area contributed by atoms with Crippen LogP contribution in [0.3, 0.4) is 0 Å². The van der Waals surface area contributed by atoms with Gasteiger partial charge in [-0.1, -0.05) is 39.3 Å². The highest BCUT2D eigenvalue weighted by atomic mass is 16.3. The second-order valence-corrected chi connectivity index (χ2v) is 11.1. The molecule has 156 valence electrons. The lowest BCUT2D eigenvalue weighted by molar-refractivity contribution is -0.117. The summed E-state index contributed by atoms with van der Waals surface area (Å²) in [6.45, 7) is 13.3. The van der Waals surface area contributed by atoms with Gasteiger partial charge in [-0.15, -0.1) is 6.58 Å². The van der Waals surface area contributed by atoms with Crippen molar-refractivity contribution in [2.45, 2.75) is 85.2 Å². The van der Waals surface area contributed by atoms with E-state index in [4.69, 9.17) is 0 Å². The van der Waals surface area contributed by atoms with Crippen LogP contribution >= 0.6 is 0 Å². The molecule has 2 nitrogen and oxygen atoms in total. The summed E-state index contributed by atoms with van der Waals surface area (Å²) in [4.78, 5) is 12.0. The second kappa shape index (κ2) is 7.11. The largest absolute Gasteiger partial charge is 0.392 e. The van der Waals surface area contributed by atoms with Crippen molar-refractivity contribution in [3.8, 4) is 0 Å². The number of hydrogen-bond acceptors (Lipinski definition) is 2. The highest BCUT2D eigenvalue weighted by Gasteiger charge is 2.59. The first-order chi connectivity index (χ1) is 13.2. The van der Waals surface area contributed by atoms with Crippen molar-refractivity contribution in [2.75, 3.05) is 0 Å². The van der Waals surface area contributed by atoms with Gasteiger partial charge in [0, 0.05) is 6.42 Å². The minimum atomic E-state index is -0.279. The van der Waals surface area contributed by atoms with Crippen LogP contribution in [-0.4, -0.2) is 17.0 Å². The fraction of sp³-hybridized carbons (Fsp3) is 0.808. The lowest BCUT2D eigenvalue weighted by Gasteiger charge is -2.58. The Bertz CT molecular complexity index is 678. The predicted octanol–water partition coefficient (Wildman–Crippen LogP) is 5.95. The van der Waals surface area contributed by atoms with Gasteiger partial charge in [-0.2, -0.15) is 0 Å².